The fraction of sp³-hybridized carbons (Fsp3) is 0.278. The lowest BCUT2D eigenvalue weighted by molar-refractivity contribution is -0.120. The molecule has 1 aromatic heterocycles. The van der Waals surface area contributed by atoms with E-state index in [0.717, 1.165) is 29.9 Å². The van der Waals surface area contributed by atoms with Crippen molar-refractivity contribution in [2.45, 2.75) is 31.9 Å². The Kier molecular flexibility index (Phi) is 4.55. The number of aromatic carboxylic acids is 1. The van der Waals surface area contributed by atoms with E-state index in [0.29, 0.717) is 5.56 Å². The van der Waals surface area contributed by atoms with Crippen molar-refractivity contribution in [3.8, 4) is 5.75 Å². The molecule has 4 rings (SSSR count). The Balaban J connectivity index is 1.44. The van der Waals surface area contributed by atoms with Gasteiger partial charge in [0.1, 0.15) is 5.75 Å². The first kappa shape index (κ1) is 17.5. The average molecular weight is 367 g/mol. The Morgan fingerprint density at radius 3 is 3.00 bits per heavy atom. The molecule has 0 saturated carbocycles. The number of carboxylic acids is 1. The standard InChI is InChI=1S/C18H18BN3O5/c23-16(5-10-4-12-8-20-9-14(12)21-7-10)22-15-6-11-2-1-3-13(18(24)25)17(11)27-19(15)26/h1-4,7,15,20,26H,5-6,8-9H2,(H,22,23)(H,24,25)/t15-/m0/s1. The minimum absolute atomic E-state index is 0.00542. The van der Waals surface area contributed by atoms with Gasteiger partial charge in [0.25, 0.3) is 0 Å². The van der Waals surface area contributed by atoms with Crippen molar-refractivity contribution < 1.29 is 24.4 Å². The Labute approximate surface area is 155 Å². The summed E-state index contributed by atoms with van der Waals surface area (Å²) in [5.41, 5.74) is 3.53. The predicted octanol–water partition coefficient (Wildman–Crippen LogP) is 0.0651. The second-order valence-corrected chi connectivity index (χ2v) is 6.72. The highest BCUT2D eigenvalue weighted by Crippen LogP contribution is 2.30. The molecule has 2 aliphatic rings. The van der Waals surface area contributed by atoms with Gasteiger partial charge in [-0.2, -0.15) is 0 Å². The van der Waals surface area contributed by atoms with Gasteiger partial charge in [-0.3, -0.25) is 9.78 Å². The minimum Gasteiger partial charge on any atom is -0.534 e. The predicted molar refractivity (Wildman–Crippen MR) is 96.1 cm³/mol. The summed E-state index contributed by atoms with van der Waals surface area (Å²) >= 11 is 0. The molecule has 3 heterocycles. The van der Waals surface area contributed by atoms with Crippen LogP contribution in [0.2, 0.25) is 0 Å². The van der Waals surface area contributed by atoms with Gasteiger partial charge in [-0.15, -0.1) is 0 Å². The summed E-state index contributed by atoms with van der Waals surface area (Å²) in [6.07, 6.45) is 2.12. The van der Waals surface area contributed by atoms with E-state index in [2.05, 4.69) is 15.6 Å². The van der Waals surface area contributed by atoms with Crippen molar-refractivity contribution in [2.24, 2.45) is 0 Å². The molecule has 0 saturated heterocycles. The number of hydrogen-bond acceptors (Lipinski definition) is 6. The van der Waals surface area contributed by atoms with Gasteiger partial charge >= 0.3 is 13.1 Å². The third-order valence-corrected chi connectivity index (χ3v) is 4.79. The maximum atomic E-state index is 12.4. The zero-order chi connectivity index (χ0) is 19.0. The van der Waals surface area contributed by atoms with Crippen LogP contribution < -0.4 is 15.3 Å². The molecule has 1 amide bonds. The summed E-state index contributed by atoms with van der Waals surface area (Å²) in [7, 11) is -1.32. The molecule has 2 aliphatic heterocycles. The van der Waals surface area contributed by atoms with Crippen LogP contribution in [0.3, 0.4) is 0 Å². The average Bonchev–Trinajstić information content (AvgIpc) is 3.09. The SMILES string of the molecule is O=C(Cc1cnc2c(c1)CNC2)N[C@H]1Cc2cccc(C(=O)O)c2OB1O. The summed E-state index contributed by atoms with van der Waals surface area (Å²) in [5, 5.41) is 25.4. The van der Waals surface area contributed by atoms with Crippen molar-refractivity contribution in [2.75, 3.05) is 0 Å². The molecule has 27 heavy (non-hydrogen) atoms. The van der Waals surface area contributed by atoms with Gasteiger partial charge in [-0.05, 0) is 29.2 Å². The van der Waals surface area contributed by atoms with Crippen LogP contribution in [0.25, 0.3) is 0 Å². The minimum atomic E-state index is -1.32. The van der Waals surface area contributed by atoms with Gasteiger partial charge in [0.2, 0.25) is 5.91 Å². The number of aromatic nitrogens is 1. The highest BCUT2D eigenvalue weighted by molar-refractivity contribution is 6.47. The Morgan fingerprint density at radius 1 is 1.33 bits per heavy atom. The summed E-state index contributed by atoms with van der Waals surface area (Å²) in [4.78, 5) is 28.0. The molecule has 1 atom stereocenters. The maximum Gasteiger partial charge on any atom is 0.547 e. The molecule has 4 N–H and O–H groups in total. The zero-order valence-electron chi connectivity index (χ0n) is 14.4. The van der Waals surface area contributed by atoms with Gasteiger partial charge in [0, 0.05) is 19.3 Å². The number of fused-ring (bicyclic) bond motifs is 2. The van der Waals surface area contributed by atoms with E-state index < -0.39 is 19.0 Å². The number of hydrogen-bond donors (Lipinski definition) is 4. The van der Waals surface area contributed by atoms with Crippen LogP contribution in [0.1, 0.15) is 32.7 Å². The van der Waals surface area contributed by atoms with E-state index in [1.165, 1.54) is 6.07 Å². The second-order valence-electron chi connectivity index (χ2n) is 6.72. The molecule has 0 aliphatic carbocycles. The number of nitrogens with one attached hydrogen (secondary N) is 2. The lowest BCUT2D eigenvalue weighted by Gasteiger charge is -2.28. The number of carbonyl (C=O) groups excluding carboxylic acids is 1. The van der Waals surface area contributed by atoms with Crippen molar-refractivity contribution in [3.63, 3.8) is 0 Å². The molecular weight excluding hydrogens is 349 g/mol. The number of carboxylic acid groups (broad SMARTS) is 1. The van der Waals surface area contributed by atoms with Gasteiger partial charge in [-0.1, -0.05) is 18.2 Å². The molecule has 8 nitrogen and oxygen atoms in total. The van der Waals surface area contributed by atoms with E-state index in [-0.39, 0.29) is 30.1 Å². The van der Waals surface area contributed by atoms with Gasteiger partial charge < -0.3 is 25.4 Å². The molecule has 0 radical (unpaired) electrons. The van der Waals surface area contributed by atoms with Gasteiger partial charge in [0.05, 0.1) is 23.6 Å². The number of carbonyl (C=O) groups is 2. The number of pyridine rings is 1. The first-order valence-electron chi connectivity index (χ1n) is 8.68. The topological polar surface area (TPSA) is 121 Å². The van der Waals surface area contributed by atoms with E-state index in [1.54, 1.807) is 18.3 Å². The Hall–Kier alpha value is -2.91. The molecule has 1 aromatic carbocycles. The summed E-state index contributed by atoms with van der Waals surface area (Å²) in [6.45, 7) is 1.49. The van der Waals surface area contributed by atoms with Crippen LogP contribution in [0, 0.1) is 0 Å². The van der Waals surface area contributed by atoms with Crippen LogP contribution in [0.15, 0.2) is 30.5 Å². The molecule has 0 fully saturated rings. The van der Waals surface area contributed by atoms with E-state index in [4.69, 9.17) is 4.65 Å². The zero-order valence-corrected chi connectivity index (χ0v) is 14.4. The molecule has 2 aromatic rings. The number of rotatable bonds is 4. The van der Waals surface area contributed by atoms with Crippen LogP contribution in [0.5, 0.6) is 5.75 Å². The van der Waals surface area contributed by atoms with Crippen LogP contribution in [0.4, 0.5) is 0 Å². The summed E-state index contributed by atoms with van der Waals surface area (Å²) < 4.78 is 5.39. The molecule has 0 bridgehead atoms. The second kappa shape index (κ2) is 7.01. The number of para-hydroxylation sites is 1. The highest BCUT2D eigenvalue weighted by Gasteiger charge is 2.37. The molecule has 138 valence electrons. The first-order chi connectivity index (χ1) is 13.0. The highest BCUT2D eigenvalue weighted by atomic mass is 16.5. The van der Waals surface area contributed by atoms with Crippen molar-refractivity contribution in [1.82, 2.24) is 15.6 Å². The normalized spacial score (nSPS) is 17.7. The van der Waals surface area contributed by atoms with Crippen LogP contribution in [-0.2, 0) is 30.7 Å². The van der Waals surface area contributed by atoms with Crippen LogP contribution in [-0.4, -0.2) is 40.1 Å². The quantitative estimate of drug-likeness (QED) is 0.564. The summed E-state index contributed by atoms with van der Waals surface area (Å²) in [6, 6.07) is 6.73. The van der Waals surface area contributed by atoms with Crippen molar-refractivity contribution in [3.05, 3.63) is 58.4 Å². The largest absolute Gasteiger partial charge is 0.547 e. The third-order valence-electron chi connectivity index (χ3n) is 4.79. The van der Waals surface area contributed by atoms with Crippen LogP contribution >= 0.6 is 0 Å². The lowest BCUT2D eigenvalue weighted by atomic mass is 9.72. The molecule has 9 heteroatoms. The number of benzene rings is 1. The molecule has 0 spiro atoms. The number of nitrogens with zero attached hydrogens (tertiary/aromatic N) is 1. The smallest absolute Gasteiger partial charge is 0.534 e. The van der Waals surface area contributed by atoms with Crippen molar-refractivity contribution >= 4 is 19.0 Å². The Morgan fingerprint density at radius 2 is 2.19 bits per heavy atom. The third kappa shape index (κ3) is 3.51. The van der Waals surface area contributed by atoms with E-state index in [1.807, 2.05) is 6.07 Å². The van der Waals surface area contributed by atoms with E-state index >= 15 is 0 Å². The number of amides is 1. The lowest BCUT2D eigenvalue weighted by Crippen LogP contribution is -2.53. The molecular formula is C18H18BN3O5. The summed E-state index contributed by atoms with van der Waals surface area (Å²) in [5.74, 6) is -1.88. The monoisotopic (exact) mass is 367 g/mol. The maximum absolute atomic E-state index is 12.4. The molecule has 0 unspecified atom stereocenters. The fourth-order valence-electron chi connectivity index (χ4n) is 3.47. The van der Waals surface area contributed by atoms with Gasteiger partial charge in [0.15, 0.2) is 0 Å². The van der Waals surface area contributed by atoms with Gasteiger partial charge in [-0.25, -0.2) is 4.79 Å². The fourth-order valence-corrected chi connectivity index (χ4v) is 3.47. The van der Waals surface area contributed by atoms with E-state index in [9.17, 15) is 19.7 Å². The van der Waals surface area contributed by atoms with Crippen molar-refractivity contribution in [1.29, 1.82) is 0 Å². The first-order valence-corrected chi connectivity index (χ1v) is 8.68. The Bertz CT molecular complexity index is 920.